The summed E-state index contributed by atoms with van der Waals surface area (Å²) in [6, 6.07) is 12.1. The first-order valence-electron chi connectivity index (χ1n) is 12.2. The number of hydrogen-bond donors (Lipinski definition) is 1. The summed E-state index contributed by atoms with van der Waals surface area (Å²) in [6.07, 6.45) is 5.31. The van der Waals surface area contributed by atoms with E-state index in [0.29, 0.717) is 21.3 Å². The van der Waals surface area contributed by atoms with E-state index in [1.54, 1.807) is 37.3 Å². The van der Waals surface area contributed by atoms with Crippen molar-refractivity contribution >= 4 is 39.3 Å². The maximum absolute atomic E-state index is 13.6. The van der Waals surface area contributed by atoms with E-state index >= 15 is 0 Å². The number of nitrogens with zero attached hydrogens (tertiary/aromatic N) is 2. The smallest absolute Gasteiger partial charge is 0.269 e. The fourth-order valence-corrected chi connectivity index (χ4v) is 6.59. The molecule has 4 rings (SSSR count). The second kappa shape index (κ2) is 11.0. The summed E-state index contributed by atoms with van der Waals surface area (Å²) in [6.45, 7) is 1.10. The van der Waals surface area contributed by atoms with Crippen LogP contribution in [0.5, 0.6) is 0 Å². The minimum atomic E-state index is -4.17. The molecule has 192 valence electrons. The first kappa shape index (κ1) is 26.2. The number of nitrogens with one attached hydrogen (secondary N) is 1. The van der Waals surface area contributed by atoms with Gasteiger partial charge in [-0.05, 0) is 43.0 Å². The monoisotopic (exact) mass is 531 g/mol. The van der Waals surface area contributed by atoms with Gasteiger partial charge in [0.15, 0.2) is 0 Å². The van der Waals surface area contributed by atoms with Crippen molar-refractivity contribution in [3.8, 4) is 0 Å². The van der Waals surface area contributed by atoms with Crippen LogP contribution in [0.3, 0.4) is 0 Å². The summed E-state index contributed by atoms with van der Waals surface area (Å²) in [5.74, 6) is -1.69. The molecule has 36 heavy (non-hydrogen) atoms. The molecule has 1 heterocycles. The van der Waals surface area contributed by atoms with Gasteiger partial charge in [-0.15, -0.1) is 0 Å². The van der Waals surface area contributed by atoms with Gasteiger partial charge in [0, 0.05) is 17.6 Å². The third-order valence-electron chi connectivity index (χ3n) is 6.83. The standard InChI is InChI=1S/C26H30ClN3O5S/c1-2-22(25(32)28-19-11-4-3-5-12-19)29(16-18-10-6-8-14-21(18)27)24(31)17-30-26(33)20-13-7-9-15-23(20)36(30,34)35/h6-10,13-15,19,22H,2-5,11-12,16-17H2,1H3,(H,28,32). The molecular weight excluding hydrogens is 502 g/mol. The first-order valence-corrected chi connectivity index (χ1v) is 14.0. The lowest BCUT2D eigenvalue weighted by molar-refractivity contribution is -0.141. The molecule has 1 aliphatic heterocycles. The molecule has 2 aliphatic rings. The van der Waals surface area contributed by atoms with Gasteiger partial charge in [0.25, 0.3) is 15.9 Å². The highest BCUT2D eigenvalue weighted by molar-refractivity contribution is 7.90. The molecule has 1 saturated carbocycles. The number of hydrogen-bond acceptors (Lipinski definition) is 5. The van der Waals surface area contributed by atoms with E-state index in [0.717, 1.165) is 32.1 Å². The molecule has 1 aliphatic carbocycles. The van der Waals surface area contributed by atoms with E-state index in [4.69, 9.17) is 11.6 Å². The first-order chi connectivity index (χ1) is 17.2. The van der Waals surface area contributed by atoms with Gasteiger partial charge >= 0.3 is 0 Å². The third kappa shape index (κ3) is 5.27. The molecular formula is C26H30ClN3O5S. The summed E-state index contributed by atoms with van der Waals surface area (Å²) in [5, 5.41) is 3.50. The van der Waals surface area contributed by atoms with E-state index in [-0.39, 0.29) is 29.0 Å². The van der Waals surface area contributed by atoms with Gasteiger partial charge in [-0.3, -0.25) is 14.4 Å². The summed E-state index contributed by atoms with van der Waals surface area (Å²) in [7, 11) is -4.17. The van der Waals surface area contributed by atoms with Gasteiger partial charge in [0.1, 0.15) is 17.5 Å². The zero-order valence-electron chi connectivity index (χ0n) is 20.2. The normalized spacial score (nSPS) is 17.9. The number of rotatable bonds is 8. The highest BCUT2D eigenvalue weighted by atomic mass is 35.5. The van der Waals surface area contributed by atoms with Crippen molar-refractivity contribution in [2.45, 2.75) is 69.0 Å². The predicted octanol–water partition coefficient (Wildman–Crippen LogP) is 3.74. The van der Waals surface area contributed by atoms with Crippen LogP contribution in [-0.4, -0.2) is 54.0 Å². The second-order valence-electron chi connectivity index (χ2n) is 9.19. The lowest BCUT2D eigenvalue weighted by Gasteiger charge is -2.33. The highest BCUT2D eigenvalue weighted by Crippen LogP contribution is 2.30. The van der Waals surface area contributed by atoms with Crippen LogP contribution in [0.25, 0.3) is 0 Å². The Kier molecular flexibility index (Phi) is 8.00. The van der Waals surface area contributed by atoms with Gasteiger partial charge in [-0.2, -0.15) is 0 Å². The van der Waals surface area contributed by atoms with Crippen LogP contribution >= 0.6 is 11.6 Å². The number of carbonyl (C=O) groups is 3. The number of fused-ring (bicyclic) bond motifs is 1. The van der Waals surface area contributed by atoms with Crippen LogP contribution in [0, 0.1) is 0 Å². The van der Waals surface area contributed by atoms with E-state index in [1.165, 1.54) is 23.1 Å². The Morgan fingerprint density at radius 3 is 2.42 bits per heavy atom. The zero-order valence-corrected chi connectivity index (χ0v) is 21.7. The van der Waals surface area contributed by atoms with Crippen LogP contribution in [0.15, 0.2) is 53.4 Å². The maximum Gasteiger partial charge on any atom is 0.269 e. The van der Waals surface area contributed by atoms with Gasteiger partial charge in [0.2, 0.25) is 11.8 Å². The van der Waals surface area contributed by atoms with Crippen molar-refractivity contribution in [1.29, 1.82) is 0 Å². The summed E-state index contributed by atoms with van der Waals surface area (Å²) < 4.78 is 26.7. The lowest BCUT2D eigenvalue weighted by atomic mass is 9.95. The molecule has 8 nitrogen and oxygen atoms in total. The molecule has 10 heteroatoms. The van der Waals surface area contributed by atoms with Crippen molar-refractivity contribution in [3.63, 3.8) is 0 Å². The molecule has 1 fully saturated rings. The summed E-state index contributed by atoms with van der Waals surface area (Å²) in [4.78, 5) is 41.1. The van der Waals surface area contributed by atoms with Gasteiger partial charge in [-0.1, -0.05) is 68.1 Å². The molecule has 0 saturated heterocycles. The molecule has 0 spiro atoms. The van der Waals surface area contributed by atoms with E-state index in [1.807, 2.05) is 0 Å². The number of sulfonamides is 1. The van der Waals surface area contributed by atoms with Gasteiger partial charge in [0.05, 0.1) is 5.56 Å². The van der Waals surface area contributed by atoms with Gasteiger partial charge in [-0.25, -0.2) is 12.7 Å². The molecule has 0 radical (unpaired) electrons. The fourth-order valence-electron chi connectivity index (χ4n) is 4.87. The highest BCUT2D eigenvalue weighted by Gasteiger charge is 2.43. The van der Waals surface area contributed by atoms with Crippen LogP contribution < -0.4 is 5.32 Å². The van der Waals surface area contributed by atoms with E-state index in [2.05, 4.69) is 5.32 Å². The van der Waals surface area contributed by atoms with Crippen molar-refractivity contribution < 1.29 is 22.8 Å². The molecule has 2 aromatic carbocycles. The SMILES string of the molecule is CCC(C(=O)NC1CCCCC1)N(Cc1ccccc1Cl)C(=O)CN1C(=O)c2ccccc2S1(=O)=O. The average Bonchev–Trinajstić information content (AvgIpc) is 3.06. The lowest BCUT2D eigenvalue weighted by Crippen LogP contribution is -2.53. The number of halogens is 1. The Hall–Kier alpha value is -2.91. The molecule has 0 aromatic heterocycles. The largest absolute Gasteiger partial charge is 0.352 e. The van der Waals surface area contributed by atoms with Crippen molar-refractivity contribution in [3.05, 3.63) is 64.7 Å². The Bertz CT molecular complexity index is 1260. The van der Waals surface area contributed by atoms with Crippen molar-refractivity contribution in [2.24, 2.45) is 0 Å². The van der Waals surface area contributed by atoms with Crippen LogP contribution in [0.4, 0.5) is 0 Å². The molecule has 1 N–H and O–H groups in total. The Morgan fingerprint density at radius 2 is 1.75 bits per heavy atom. The second-order valence-corrected chi connectivity index (χ2v) is 11.4. The minimum absolute atomic E-state index is 0.00409. The molecule has 0 bridgehead atoms. The van der Waals surface area contributed by atoms with Crippen LogP contribution in [0.2, 0.25) is 5.02 Å². The number of amides is 3. The average molecular weight is 532 g/mol. The van der Waals surface area contributed by atoms with E-state index in [9.17, 15) is 22.8 Å². The van der Waals surface area contributed by atoms with Gasteiger partial charge < -0.3 is 10.2 Å². The topological polar surface area (TPSA) is 104 Å². The van der Waals surface area contributed by atoms with Crippen LogP contribution in [0.1, 0.15) is 61.4 Å². The quantitative estimate of drug-likeness (QED) is 0.559. The molecule has 1 unspecified atom stereocenters. The fraction of sp³-hybridized carbons (Fsp3) is 0.423. The van der Waals surface area contributed by atoms with Crippen molar-refractivity contribution in [2.75, 3.05) is 6.54 Å². The summed E-state index contributed by atoms with van der Waals surface area (Å²) in [5.41, 5.74) is 0.653. The van der Waals surface area contributed by atoms with Crippen LogP contribution in [-0.2, 0) is 26.2 Å². The maximum atomic E-state index is 13.6. The molecule has 2 aromatic rings. The number of carbonyl (C=O) groups excluding carboxylic acids is 3. The Morgan fingerprint density at radius 1 is 1.08 bits per heavy atom. The van der Waals surface area contributed by atoms with Crippen molar-refractivity contribution in [1.82, 2.24) is 14.5 Å². The Labute approximate surface area is 216 Å². The zero-order chi connectivity index (χ0) is 25.9. The third-order valence-corrected chi connectivity index (χ3v) is 8.98. The number of benzene rings is 2. The Balaban J connectivity index is 1.61. The minimum Gasteiger partial charge on any atom is -0.352 e. The summed E-state index contributed by atoms with van der Waals surface area (Å²) >= 11 is 6.36. The molecule has 3 amide bonds. The van der Waals surface area contributed by atoms with E-state index < -0.39 is 34.4 Å². The predicted molar refractivity (Wildman–Crippen MR) is 136 cm³/mol. The molecule has 1 atom stereocenters.